The lowest BCUT2D eigenvalue weighted by Crippen LogP contribution is -2.33. The molecule has 0 spiro atoms. The molecule has 0 amide bonds. The molecule has 2 N–H and O–H groups in total. The molecule has 3 rings (SSSR count). The zero-order valence-electron chi connectivity index (χ0n) is 13.7. The van der Waals surface area contributed by atoms with Crippen LogP contribution in [0.1, 0.15) is 17.2 Å². The van der Waals surface area contributed by atoms with E-state index in [2.05, 4.69) is 11.4 Å². The van der Waals surface area contributed by atoms with Gasteiger partial charge in [-0.15, -0.1) is 12.4 Å². The topological polar surface area (TPSA) is 61.0 Å². The van der Waals surface area contributed by atoms with Crippen LogP contribution in [0.15, 0.2) is 54.7 Å². The van der Waals surface area contributed by atoms with Gasteiger partial charge in [-0.2, -0.15) is 5.26 Å². The van der Waals surface area contributed by atoms with Crippen LogP contribution in [-0.2, 0) is 0 Å². The molecular formula is C19H19ClFN3O. The van der Waals surface area contributed by atoms with Crippen molar-refractivity contribution in [3.63, 3.8) is 0 Å². The van der Waals surface area contributed by atoms with Crippen LogP contribution in [0, 0.1) is 17.1 Å². The molecule has 2 aromatic carbocycles. The van der Waals surface area contributed by atoms with E-state index in [4.69, 9.17) is 0 Å². The maximum Gasteiger partial charge on any atom is 0.123 e. The first-order valence-electron chi connectivity index (χ1n) is 7.73. The molecule has 0 unspecified atom stereocenters. The molecule has 0 fully saturated rings. The number of rotatable bonds is 5. The highest BCUT2D eigenvalue weighted by molar-refractivity contribution is 5.86. The monoisotopic (exact) mass is 359 g/mol. The van der Waals surface area contributed by atoms with Crippen molar-refractivity contribution in [3.05, 3.63) is 71.7 Å². The summed E-state index contributed by atoms with van der Waals surface area (Å²) in [4.78, 5) is 0. The molecule has 6 heteroatoms. The predicted octanol–water partition coefficient (Wildman–Crippen LogP) is 3.24. The second kappa shape index (κ2) is 8.13. The van der Waals surface area contributed by atoms with Gasteiger partial charge in [0, 0.05) is 23.6 Å². The summed E-state index contributed by atoms with van der Waals surface area (Å²) in [6.07, 6.45) is 1.08. The zero-order valence-corrected chi connectivity index (χ0v) is 14.5. The molecule has 0 aliphatic heterocycles. The number of nitrogens with one attached hydrogen (secondary N) is 1. The summed E-state index contributed by atoms with van der Waals surface area (Å²) in [7, 11) is 1.76. The second-order valence-corrected chi connectivity index (χ2v) is 5.70. The van der Waals surface area contributed by atoms with Gasteiger partial charge in [-0.25, -0.2) is 4.39 Å². The summed E-state index contributed by atoms with van der Waals surface area (Å²) in [5.41, 5.74) is 2.09. The number of hydrogen-bond acceptors (Lipinski definition) is 3. The van der Waals surface area contributed by atoms with Gasteiger partial charge in [0.05, 0.1) is 23.8 Å². The Balaban J connectivity index is 0.00000225. The minimum Gasteiger partial charge on any atom is -0.389 e. The number of benzene rings is 2. The number of aliphatic hydroxyl groups is 1. The quantitative estimate of drug-likeness (QED) is 0.735. The zero-order chi connectivity index (χ0) is 17.1. The lowest BCUT2D eigenvalue weighted by atomic mass is 10.0. The van der Waals surface area contributed by atoms with Crippen molar-refractivity contribution < 1.29 is 9.50 Å². The van der Waals surface area contributed by atoms with Crippen LogP contribution in [0.2, 0.25) is 0 Å². The van der Waals surface area contributed by atoms with E-state index in [9.17, 15) is 14.8 Å². The van der Waals surface area contributed by atoms with Gasteiger partial charge >= 0.3 is 0 Å². The van der Waals surface area contributed by atoms with E-state index in [1.165, 1.54) is 12.1 Å². The van der Waals surface area contributed by atoms with Gasteiger partial charge in [-0.3, -0.25) is 0 Å². The van der Waals surface area contributed by atoms with Crippen LogP contribution in [0.4, 0.5) is 4.39 Å². The molecule has 3 aromatic rings. The van der Waals surface area contributed by atoms with Crippen molar-refractivity contribution in [1.29, 1.82) is 5.26 Å². The van der Waals surface area contributed by atoms with E-state index in [0.717, 1.165) is 10.9 Å². The Morgan fingerprint density at radius 2 is 2.00 bits per heavy atom. The Hall–Kier alpha value is -2.39. The number of likely N-dealkylation sites (N-methyl/N-ethyl adjacent to an activating group) is 1. The highest BCUT2D eigenvalue weighted by Crippen LogP contribution is 2.29. The first-order chi connectivity index (χ1) is 11.7. The molecule has 1 heterocycles. The van der Waals surface area contributed by atoms with Crippen molar-refractivity contribution in [2.24, 2.45) is 0 Å². The molecule has 0 aliphatic carbocycles. The molecule has 4 nitrogen and oxygen atoms in total. The molecule has 25 heavy (non-hydrogen) atoms. The minimum atomic E-state index is -0.752. The van der Waals surface area contributed by atoms with Crippen LogP contribution >= 0.6 is 12.4 Å². The number of hydrogen-bond donors (Lipinski definition) is 2. The maximum absolute atomic E-state index is 13.7. The number of halogens is 2. The summed E-state index contributed by atoms with van der Waals surface area (Å²) in [5, 5.41) is 23.7. The largest absolute Gasteiger partial charge is 0.389 e. The summed E-state index contributed by atoms with van der Waals surface area (Å²) in [6.45, 7) is 0.360. The normalized spacial score (nSPS) is 13.0. The minimum absolute atomic E-state index is 0. The first-order valence-corrected chi connectivity index (χ1v) is 7.73. The number of aromatic nitrogens is 1. The van der Waals surface area contributed by atoms with Gasteiger partial charge < -0.3 is 15.0 Å². The van der Waals surface area contributed by atoms with Gasteiger partial charge in [-0.05, 0) is 42.9 Å². The van der Waals surface area contributed by atoms with E-state index in [1.54, 1.807) is 25.2 Å². The van der Waals surface area contributed by atoms with E-state index in [1.807, 2.05) is 29.0 Å². The van der Waals surface area contributed by atoms with Crippen LogP contribution in [-0.4, -0.2) is 29.4 Å². The third-order valence-electron chi connectivity index (χ3n) is 4.15. The molecular weight excluding hydrogens is 341 g/mol. The Morgan fingerprint density at radius 1 is 1.24 bits per heavy atom. The maximum atomic E-state index is 13.7. The van der Waals surface area contributed by atoms with E-state index < -0.39 is 12.1 Å². The van der Waals surface area contributed by atoms with Gasteiger partial charge in [0.15, 0.2) is 0 Å². The average Bonchev–Trinajstić information content (AvgIpc) is 2.99. The Morgan fingerprint density at radius 3 is 2.68 bits per heavy atom. The average molecular weight is 360 g/mol. The number of fused-ring (bicyclic) bond motifs is 1. The fraction of sp³-hybridized carbons (Fsp3) is 0.211. The molecule has 0 aliphatic rings. The SMILES string of the molecule is CNC[C@@H](O)[C@H](c1cccc(F)c1)n1ccc2c(C#N)cccc21.Cl. The molecule has 0 bridgehead atoms. The van der Waals surface area contributed by atoms with Crippen LogP contribution in [0.5, 0.6) is 0 Å². The highest BCUT2D eigenvalue weighted by Gasteiger charge is 2.24. The van der Waals surface area contributed by atoms with Crippen LogP contribution in [0.3, 0.4) is 0 Å². The van der Waals surface area contributed by atoms with Crippen molar-refractivity contribution in [2.45, 2.75) is 12.1 Å². The number of nitrogens with zero attached hydrogens (tertiary/aromatic N) is 2. The van der Waals surface area contributed by atoms with Crippen LogP contribution in [0.25, 0.3) is 10.9 Å². The lowest BCUT2D eigenvalue weighted by Gasteiger charge is -2.26. The predicted molar refractivity (Wildman–Crippen MR) is 98.4 cm³/mol. The van der Waals surface area contributed by atoms with E-state index in [-0.39, 0.29) is 18.2 Å². The molecule has 2 atom stereocenters. The van der Waals surface area contributed by atoms with Gasteiger partial charge in [-0.1, -0.05) is 18.2 Å². The highest BCUT2D eigenvalue weighted by atomic mass is 35.5. The molecule has 0 radical (unpaired) electrons. The van der Waals surface area contributed by atoms with Crippen molar-refractivity contribution in [3.8, 4) is 6.07 Å². The molecule has 130 valence electrons. The smallest absolute Gasteiger partial charge is 0.123 e. The van der Waals surface area contributed by atoms with E-state index >= 15 is 0 Å². The number of nitriles is 1. The van der Waals surface area contributed by atoms with Gasteiger partial charge in [0.1, 0.15) is 5.82 Å². The van der Waals surface area contributed by atoms with Crippen LogP contribution < -0.4 is 5.32 Å². The Bertz CT molecular complexity index is 903. The lowest BCUT2D eigenvalue weighted by molar-refractivity contribution is 0.132. The second-order valence-electron chi connectivity index (χ2n) is 5.70. The third kappa shape index (κ3) is 3.67. The summed E-state index contributed by atoms with van der Waals surface area (Å²) >= 11 is 0. The number of aliphatic hydroxyl groups excluding tert-OH is 1. The summed E-state index contributed by atoms with van der Waals surface area (Å²) in [5.74, 6) is -0.344. The summed E-state index contributed by atoms with van der Waals surface area (Å²) in [6, 6.07) is 15.3. The van der Waals surface area contributed by atoms with Crippen molar-refractivity contribution in [1.82, 2.24) is 9.88 Å². The van der Waals surface area contributed by atoms with E-state index in [0.29, 0.717) is 17.7 Å². The Labute approximate surface area is 151 Å². The molecule has 1 aromatic heterocycles. The van der Waals surface area contributed by atoms with Gasteiger partial charge in [0.25, 0.3) is 0 Å². The van der Waals surface area contributed by atoms with Gasteiger partial charge in [0.2, 0.25) is 0 Å². The first kappa shape index (κ1) is 18.9. The third-order valence-corrected chi connectivity index (χ3v) is 4.15. The standard InChI is InChI=1S/C19H18FN3O.ClH/c1-22-12-18(24)19(13-4-2-6-15(20)10-13)23-9-8-16-14(11-21)5-3-7-17(16)23;/h2-10,18-19,22,24H,12H2,1H3;1H/t18-,19+;/m1./s1. The molecule has 0 saturated carbocycles. The fourth-order valence-corrected chi connectivity index (χ4v) is 3.11. The molecule has 0 saturated heterocycles. The van der Waals surface area contributed by atoms with Crippen molar-refractivity contribution >= 4 is 23.3 Å². The summed E-state index contributed by atoms with van der Waals surface area (Å²) < 4.78 is 15.6. The fourth-order valence-electron chi connectivity index (χ4n) is 3.11. The Kier molecular flexibility index (Phi) is 6.16. The van der Waals surface area contributed by atoms with Crippen molar-refractivity contribution in [2.75, 3.05) is 13.6 Å².